The average molecular weight is 277 g/mol. The highest BCUT2D eigenvalue weighted by Crippen LogP contribution is 2.24. The van der Waals surface area contributed by atoms with Crippen molar-refractivity contribution in [3.8, 4) is 0 Å². The molecule has 0 bridgehead atoms. The van der Waals surface area contributed by atoms with E-state index in [9.17, 15) is 14.0 Å². The smallest absolute Gasteiger partial charge is 0.162 e. The van der Waals surface area contributed by atoms with Gasteiger partial charge >= 0.3 is 0 Å². The summed E-state index contributed by atoms with van der Waals surface area (Å²) in [5, 5.41) is 2.96. The van der Waals surface area contributed by atoms with Gasteiger partial charge in [-0.3, -0.25) is 9.59 Å². The second-order valence-corrected chi connectivity index (χ2v) is 5.00. The molecule has 1 rings (SSSR count). The molecule has 0 saturated carbocycles. The van der Waals surface area contributed by atoms with Crippen LogP contribution < -0.4 is 5.32 Å². The molecule has 0 saturated heterocycles. The summed E-state index contributed by atoms with van der Waals surface area (Å²) in [7, 11) is 1.69. The van der Waals surface area contributed by atoms with Gasteiger partial charge in [0, 0.05) is 23.9 Å². The number of halogens is 1. The van der Waals surface area contributed by atoms with Crippen molar-refractivity contribution in [2.75, 3.05) is 7.05 Å². The third-order valence-corrected chi connectivity index (χ3v) is 3.11. The number of hydrogen-bond donors (Lipinski definition) is 1. The van der Waals surface area contributed by atoms with Gasteiger partial charge in [0.1, 0.15) is 5.82 Å². The van der Waals surface area contributed by atoms with Crippen molar-refractivity contribution in [1.82, 2.24) is 5.32 Å². The molecule has 1 N–H and O–H groups in total. The van der Waals surface area contributed by atoms with Gasteiger partial charge in [0.25, 0.3) is 0 Å². The lowest BCUT2D eigenvalue weighted by Gasteiger charge is -2.17. The predicted molar refractivity (Wildman–Crippen MR) is 77.9 cm³/mol. The van der Waals surface area contributed by atoms with Crippen LogP contribution in [-0.4, -0.2) is 18.6 Å². The monoisotopic (exact) mass is 277 g/mol. The minimum absolute atomic E-state index is 0.0190. The van der Waals surface area contributed by atoms with Crippen molar-refractivity contribution < 1.29 is 14.0 Å². The summed E-state index contributed by atoms with van der Waals surface area (Å²) in [6.07, 6.45) is 0. The van der Waals surface area contributed by atoms with Gasteiger partial charge in [-0.25, -0.2) is 4.39 Å². The minimum atomic E-state index is -0.575. The molecule has 0 unspecified atom stereocenters. The van der Waals surface area contributed by atoms with E-state index in [0.717, 1.165) is 0 Å². The number of Topliss-reactive ketones (excluding diaryl/α,β-unsaturated/α-hetero) is 2. The molecule has 0 radical (unpaired) electrons. The van der Waals surface area contributed by atoms with Crippen LogP contribution in [0.1, 0.15) is 43.6 Å². The van der Waals surface area contributed by atoms with Crippen molar-refractivity contribution in [2.24, 2.45) is 5.92 Å². The van der Waals surface area contributed by atoms with E-state index in [2.05, 4.69) is 5.32 Å². The molecule has 108 valence electrons. The van der Waals surface area contributed by atoms with Crippen LogP contribution in [0.15, 0.2) is 23.8 Å². The Morgan fingerprint density at radius 1 is 1.20 bits per heavy atom. The number of nitrogens with one attached hydrogen (secondary N) is 1. The molecule has 0 fully saturated rings. The fourth-order valence-electron chi connectivity index (χ4n) is 2.26. The molecule has 0 aromatic heterocycles. The molecule has 0 aliphatic heterocycles. The van der Waals surface area contributed by atoms with Crippen LogP contribution in [0.2, 0.25) is 0 Å². The summed E-state index contributed by atoms with van der Waals surface area (Å²) in [6.45, 7) is 6.64. The molecule has 0 amide bonds. The molecule has 4 heteroatoms. The SMILES string of the molecule is CN/C(=C(\C(C)=O)C(C)C)c1ccc(C(C)=O)c(F)c1. The highest BCUT2D eigenvalue weighted by molar-refractivity contribution is 6.01. The number of ketones is 2. The topological polar surface area (TPSA) is 46.2 Å². The fourth-order valence-corrected chi connectivity index (χ4v) is 2.26. The summed E-state index contributed by atoms with van der Waals surface area (Å²) in [5.41, 5.74) is 1.83. The third kappa shape index (κ3) is 3.32. The maximum atomic E-state index is 13.9. The Morgan fingerprint density at radius 3 is 2.15 bits per heavy atom. The lowest BCUT2D eigenvalue weighted by Crippen LogP contribution is -2.16. The van der Waals surface area contributed by atoms with Gasteiger partial charge in [-0.2, -0.15) is 0 Å². The second-order valence-electron chi connectivity index (χ2n) is 5.00. The molecule has 20 heavy (non-hydrogen) atoms. The van der Waals surface area contributed by atoms with E-state index in [0.29, 0.717) is 16.8 Å². The van der Waals surface area contributed by atoms with Crippen molar-refractivity contribution in [3.63, 3.8) is 0 Å². The zero-order valence-electron chi connectivity index (χ0n) is 12.5. The molecule has 0 heterocycles. The Kier molecular flexibility index (Phi) is 5.19. The first-order chi connectivity index (χ1) is 9.29. The summed E-state index contributed by atoms with van der Waals surface area (Å²) < 4.78 is 13.9. The zero-order chi connectivity index (χ0) is 15.4. The van der Waals surface area contributed by atoms with Crippen molar-refractivity contribution in [1.29, 1.82) is 0 Å². The van der Waals surface area contributed by atoms with Crippen molar-refractivity contribution >= 4 is 17.3 Å². The maximum Gasteiger partial charge on any atom is 0.162 e. The van der Waals surface area contributed by atoms with Crippen LogP contribution in [0.5, 0.6) is 0 Å². The maximum absolute atomic E-state index is 13.9. The Balaban J connectivity index is 3.46. The summed E-state index contributed by atoms with van der Waals surface area (Å²) in [4.78, 5) is 23.0. The first-order valence-corrected chi connectivity index (χ1v) is 6.53. The van der Waals surface area contributed by atoms with Gasteiger partial charge < -0.3 is 5.32 Å². The van der Waals surface area contributed by atoms with Gasteiger partial charge in [-0.15, -0.1) is 0 Å². The van der Waals surface area contributed by atoms with Crippen molar-refractivity contribution in [2.45, 2.75) is 27.7 Å². The molecule has 1 aromatic carbocycles. The lowest BCUT2D eigenvalue weighted by atomic mass is 9.93. The largest absolute Gasteiger partial charge is 0.387 e. The lowest BCUT2D eigenvalue weighted by molar-refractivity contribution is -0.114. The van der Waals surface area contributed by atoms with Gasteiger partial charge in [-0.1, -0.05) is 19.9 Å². The minimum Gasteiger partial charge on any atom is -0.387 e. The normalized spacial score (nSPS) is 12.2. The number of hydrogen-bond acceptors (Lipinski definition) is 3. The van der Waals surface area contributed by atoms with Gasteiger partial charge in [-0.05, 0) is 31.9 Å². The van der Waals surface area contributed by atoms with Gasteiger partial charge in [0.15, 0.2) is 11.6 Å². The number of benzene rings is 1. The average Bonchev–Trinajstić information content (AvgIpc) is 2.33. The molecule has 1 aromatic rings. The second kappa shape index (κ2) is 6.46. The Morgan fingerprint density at radius 2 is 1.80 bits per heavy atom. The van der Waals surface area contributed by atoms with E-state index in [1.807, 2.05) is 13.8 Å². The Labute approximate surface area is 118 Å². The number of rotatable bonds is 5. The van der Waals surface area contributed by atoms with E-state index in [1.165, 1.54) is 26.0 Å². The summed E-state index contributed by atoms with van der Waals surface area (Å²) in [6, 6.07) is 4.38. The van der Waals surface area contributed by atoms with E-state index in [4.69, 9.17) is 0 Å². The van der Waals surface area contributed by atoms with E-state index < -0.39 is 5.82 Å². The molecule has 0 atom stereocenters. The molecular formula is C16H20FNO2. The van der Waals surface area contributed by atoms with Crippen LogP contribution >= 0.6 is 0 Å². The van der Waals surface area contributed by atoms with Gasteiger partial charge in [0.05, 0.1) is 5.56 Å². The highest BCUT2D eigenvalue weighted by atomic mass is 19.1. The van der Waals surface area contributed by atoms with E-state index in [-0.39, 0.29) is 23.0 Å². The van der Waals surface area contributed by atoms with E-state index >= 15 is 0 Å². The summed E-state index contributed by atoms with van der Waals surface area (Å²) in [5.74, 6) is -0.931. The third-order valence-electron chi connectivity index (χ3n) is 3.11. The van der Waals surface area contributed by atoms with Crippen molar-refractivity contribution in [3.05, 3.63) is 40.7 Å². The molecule has 0 aliphatic carbocycles. The number of carbonyl (C=O) groups is 2. The van der Waals surface area contributed by atoms with E-state index in [1.54, 1.807) is 13.1 Å². The van der Waals surface area contributed by atoms with Crippen LogP contribution in [-0.2, 0) is 4.79 Å². The standard InChI is InChI=1S/C16H20FNO2/c1-9(2)15(11(4)20)16(18-5)12-6-7-13(10(3)19)14(17)8-12/h6-9,18H,1-5H3/b16-15-. The quantitative estimate of drug-likeness (QED) is 0.664. The molecule has 3 nitrogen and oxygen atoms in total. The number of allylic oxidation sites excluding steroid dienone is 1. The molecule has 0 spiro atoms. The predicted octanol–water partition coefficient (Wildman–Crippen LogP) is 3.20. The first-order valence-electron chi connectivity index (χ1n) is 6.53. The zero-order valence-corrected chi connectivity index (χ0v) is 12.5. The van der Waals surface area contributed by atoms with Crippen LogP contribution in [0, 0.1) is 11.7 Å². The van der Waals surface area contributed by atoms with Gasteiger partial charge in [0.2, 0.25) is 0 Å². The Hall–Kier alpha value is -1.97. The highest BCUT2D eigenvalue weighted by Gasteiger charge is 2.17. The molecular weight excluding hydrogens is 257 g/mol. The Bertz CT molecular complexity index is 574. The van der Waals surface area contributed by atoms with Crippen LogP contribution in [0.3, 0.4) is 0 Å². The summed E-state index contributed by atoms with van der Waals surface area (Å²) >= 11 is 0. The fraction of sp³-hybridized carbons (Fsp3) is 0.375. The van der Waals surface area contributed by atoms with Crippen LogP contribution in [0.4, 0.5) is 4.39 Å². The molecule has 0 aliphatic rings. The number of carbonyl (C=O) groups excluding carboxylic acids is 2. The first kappa shape index (κ1) is 16.1. The van der Waals surface area contributed by atoms with Crippen LogP contribution in [0.25, 0.3) is 5.70 Å².